The summed E-state index contributed by atoms with van der Waals surface area (Å²) in [4.78, 5) is 24.6. The summed E-state index contributed by atoms with van der Waals surface area (Å²) >= 11 is 1.13. The number of carbonyl (C=O) groups is 1. The van der Waals surface area contributed by atoms with Crippen LogP contribution in [-0.4, -0.2) is 37.7 Å². The van der Waals surface area contributed by atoms with Crippen molar-refractivity contribution >= 4 is 51.2 Å². The summed E-state index contributed by atoms with van der Waals surface area (Å²) in [6, 6.07) is 13.2. The fraction of sp³-hybridized carbons (Fsp3) is 0.211. The van der Waals surface area contributed by atoms with Crippen LogP contribution in [0.15, 0.2) is 42.5 Å². The minimum Gasteiger partial charge on any atom is -0.355 e. The topological polar surface area (TPSA) is 83.9 Å². The summed E-state index contributed by atoms with van der Waals surface area (Å²) in [6.07, 6.45) is 2.19. The number of fused-ring (bicyclic) bond motifs is 2. The molecule has 0 spiro atoms. The molecule has 2 aromatic carbocycles. The van der Waals surface area contributed by atoms with Crippen molar-refractivity contribution < 1.29 is 4.79 Å². The van der Waals surface area contributed by atoms with Gasteiger partial charge in [-0.2, -0.15) is 8.75 Å². The molecule has 1 aliphatic heterocycles. The van der Waals surface area contributed by atoms with Crippen molar-refractivity contribution in [3.8, 4) is 0 Å². The van der Waals surface area contributed by atoms with Gasteiger partial charge in [-0.15, -0.1) is 0 Å². The first kappa shape index (κ1) is 16.1. The molecule has 0 aliphatic carbocycles. The second-order valence-corrected chi connectivity index (χ2v) is 7.00. The zero-order chi connectivity index (χ0) is 18.2. The molecule has 2 aromatic heterocycles. The first-order valence-electron chi connectivity index (χ1n) is 8.84. The summed E-state index contributed by atoms with van der Waals surface area (Å²) in [5.41, 5.74) is 3.93. The Bertz CT molecular complexity index is 1150. The predicted octanol–water partition coefficient (Wildman–Crippen LogP) is 3.49. The molecule has 3 heterocycles. The van der Waals surface area contributed by atoms with Crippen LogP contribution in [0.2, 0.25) is 0 Å². The van der Waals surface area contributed by atoms with Gasteiger partial charge in [-0.1, -0.05) is 18.2 Å². The molecule has 0 bridgehead atoms. The number of nitrogens with one attached hydrogen (secondary N) is 1. The molecule has 1 aliphatic rings. The Labute approximate surface area is 159 Å². The van der Waals surface area contributed by atoms with Gasteiger partial charge in [-0.3, -0.25) is 4.79 Å². The molecule has 5 rings (SSSR count). The third-order valence-corrected chi connectivity index (χ3v) is 5.25. The summed E-state index contributed by atoms with van der Waals surface area (Å²) in [7, 11) is 0. The number of carbonyl (C=O) groups excluding carboxylic acids is 1. The maximum atomic E-state index is 13.1. The zero-order valence-corrected chi connectivity index (χ0v) is 15.2. The van der Waals surface area contributed by atoms with Crippen LogP contribution in [0.1, 0.15) is 23.3 Å². The minimum atomic E-state index is -0.282. The van der Waals surface area contributed by atoms with Gasteiger partial charge in [0.1, 0.15) is 11.0 Å². The zero-order valence-electron chi connectivity index (χ0n) is 14.4. The standard InChI is InChI=1S/C19H16N6OS/c26-19(22-14-8-5-9-15-16(14)24-27-23-15)17-18(25-10-3-4-11-25)21-13-7-2-1-6-12(13)20-17/h1-2,5-9H,3-4,10-11H2,(H,22,26). The highest BCUT2D eigenvalue weighted by atomic mass is 32.1. The number of anilines is 2. The van der Waals surface area contributed by atoms with Gasteiger partial charge in [0.2, 0.25) is 0 Å². The van der Waals surface area contributed by atoms with Crippen LogP contribution in [0.25, 0.3) is 22.1 Å². The molecular formula is C19H16N6OS. The average molecular weight is 376 g/mol. The molecule has 1 amide bonds. The van der Waals surface area contributed by atoms with Crippen molar-refractivity contribution in [3.63, 3.8) is 0 Å². The summed E-state index contributed by atoms with van der Waals surface area (Å²) < 4.78 is 8.51. The van der Waals surface area contributed by atoms with Gasteiger partial charge in [0.25, 0.3) is 5.91 Å². The van der Waals surface area contributed by atoms with Crippen molar-refractivity contribution in [3.05, 3.63) is 48.2 Å². The third-order valence-electron chi connectivity index (χ3n) is 4.71. The van der Waals surface area contributed by atoms with Crippen LogP contribution in [0.3, 0.4) is 0 Å². The van der Waals surface area contributed by atoms with Gasteiger partial charge in [0.15, 0.2) is 11.5 Å². The van der Waals surface area contributed by atoms with Gasteiger partial charge in [-0.05, 0) is 37.1 Å². The van der Waals surface area contributed by atoms with E-state index in [9.17, 15) is 4.79 Å². The van der Waals surface area contributed by atoms with E-state index in [2.05, 4.69) is 23.9 Å². The predicted molar refractivity (Wildman–Crippen MR) is 106 cm³/mol. The van der Waals surface area contributed by atoms with E-state index in [1.807, 2.05) is 42.5 Å². The highest BCUT2D eigenvalue weighted by molar-refractivity contribution is 7.00. The number of amides is 1. The maximum Gasteiger partial charge on any atom is 0.278 e. The Morgan fingerprint density at radius 2 is 1.67 bits per heavy atom. The lowest BCUT2D eigenvalue weighted by Crippen LogP contribution is -2.25. The highest BCUT2D eigenvalue weighted by Crippen LogP contribution is 2.26. The Hall–Kier alpha value is -3.13. The molecule has 1 fully saturated rings. The van der Waals surface area contributed by atoms with Gasteiger partial charge in [-0.25, -0.2) is 9.97 Å². The van der Waals surface area contributed by atoms with Gasteiger partial charge >= 0.3 is 0 Å². The third kappa shape index (κ3) is 2.87. The van der Waals surface area contributed by atoms with Crippen LogP contribution in [-0.2, 0) is 0 Å². The van der Waals surface area contributed by atoms with Crippen molar-refractivity contribution in [1.82, 2.24) is 18.7 Å². The summed E-state index contributed by atoms with van der Waals surface area (Å²) in [5, 5.41) is 2.95. The fourth-order valence-corrected chi connectivity index (χ4v) is 3.93. The highest BCUT2D eigenvalue weighted by Gasteiger charge is 2.24. The molecule has 4 aromatic rings. The molecule has 0 saturated carbocycles. The molecule has 1 N–H and O–H groups in total. The fourth-order valence-electron chi connectivity index (χ4n) is 3.38. The van der Waals surface area contributed by atoms with E-state index in [1.165, 1.54) is 0 Å². The van der Waals surface area contributed by atoms with Gasteiger partial charge in [0, 0.05) is 13.1 Å². The number of nitrogens with zero attached hydrogens (tertiary/aromatic N) is 5. The SMILES string of the molecule is O=C(Nc1cccc2nsnc12)c1nc2ccccc2nc1N1CCCC1. The largest absolute Gasteiger partial charge is 0.355 e. The van der Waals surface area contributed by atoms with Crippen LogP contribution in [0.4, 0.5) is 11.5 Å². The number of para-hydroxylation sites is 2. The van der Waals surface area contributed by atoms with Crippen molar-refractivity contribution in [2.24, 2.45) is 0 Å². The molecule has 134 valence electrons. The molecule has 27 heavy (non-hydrogen) atoms. The first-order valence-corrected chi connectivity index (χ1v) is 9.57. The Morgan fingerprint density at radius 3 is 2.48 bits per heavy atom. The van der Waals surface area contributed by atoms with E-state index in [1.54, 1.807) is 0 Å². The van der Waals surface area contributed by atoms with Crippen molar-refractivity contribution in [2.45, 2.75) is 12.8 Å². The van der Waals surface area contributed by atoms with E-state index in [0.717, 1.165) is 48.7 Å². The number of hydrogen-bond acceptors (Lipinski definition) is 7. The van der Waals surface area contributed by atoms with Gasteiger partial charge < -0.3 is 10.2 Å². The number of benzene rings is 2. The lowest BCUT2D eigenvalue weighted by atomic mass is 10.2. The average Bonchev–Trinajstić information content (AvgIpc) is 3.39. The molecular weight excluding hydrogens is 360 g/mol. The molecule has 1 saturated heterocycles. The first-order chi connectivity index (χ1) is 13.3. The normalized spacial score (nSPS) is 14.1. The molecule has 8 heteroatoms. The molecule has 7 nitrogen and oxygen atoms in total. The molecule has 0 atom stereocenters. The van der Waals surface area contributed by atoms with Crippen LogP contribution < -0.4 is 10.2 Å². The monoisotopic (exact) mass is 376 g/mol. The quantitative estimate of drug-likeness (QED) is 0.589. The smallest absolute Gasteiger partial charge is 0.278 e. The van der Waals surface area contributed by atoms with E-state index >= 15 is 0 Å². The van der Waals surface area contributed by atoms with Crippen molar-refractivity contribution in [2.75, 3.05) is 23.3 Å². The Kier molecular flexibility index (Phi) is 3.90. The second-order valence-electron chi connectivity index (χ2n) is 6.47. The van der Waals surface area contributed by atoms with E-state index in [0.29, 0.717) is 28.2 Å². The lowest BCUT2D eigenvalue weighted by molar-refractivity contribution is 0.102. The summed E-state index contributed by atoms with van der Waals surface area (Å²) in [5.74, 6) is 0.364. The number of rotatable bonds is 3. The second kappa shape index (κ2) is 6.55. The van der Waals surface area contributed by atoms with E-state index < -0.39 is 0 Å². The lowest BCUT2D eigenvalue weighted by Gasteiger charge is -2.19. The summed E-state index contributed by atoms with van der Waals surface area (Å²) in [6.45, 7) is 1.78. The van der Waals surface area contributed by atoms with Crippen LogP contribution >= 0.6 is 11.7 Å². The molecule has 0 unspecified atom stereocenters. The minimum absolute atomic E-state index is 0.282. The van der Waals surface area contributed by atoms with E-state index in [-0.39, 0.29) is 5.91 Å². The Morgan fingerprint density at radius 1 is 0.926 bits per heavy atom. The number of aromatic nitrogens is 4. The van der Waals surface area contributed by atoms with Crippen LogP contribution in [0.5, 0.6) is 0 Å². The van der Waals surface area contributed by atoms with E-state index in [4.69, 9.17) is 4.98 Å². The Balaban J connectivity index is 1.59. The molecule has 0 radical (unpaired) electrons. The van der Waals surface area contributed by atoms with Gasteiger partial charge in [0.05, 0.1) is 28.4 Å². The number of hydrogen-bond donors (Lipinski definition) is 1. The van der Waals surface area contributed by atoms with Crippen LogP contribution in [0, 0.1) is 0 Å². The van der Waals surface area contributed by atoms with Crippen molar-refractivity contribution in [1.29, 1.82) is 0 Å². The maximum absolute atomic E-state index is 13.1.